The number of benzene rings is 1. The Labute approximate surface area is 234 Å². The number of carbonyl (C=O) groups is 4. The number of hydrogen-bond donors (Lipinski definition) is 3. The van der Waals surface area contributed by atoms with Crippen LogP contribution in [0, 0.1) is 11.8 Å². The van der Waals surface area contributed by atoms with Crippen molar-refractivity contribution in [3.05, 3.63) is 48.3 Å². The SMILES string of the molecule is C=C[C@H]1[C@H](O[C@@H]2O[C@H](COC(C)=O)[C@@H](O)[C@H](OC(C)=O)[C@H]2OC(=O)c2cccc(O)c2O)OC=C2C(=O)OCC[C@H]21. The van der Waals surface area contributed by atoms with Crippen LogP contribution in [0.1, 0.15) is 30.6 Å². The molecule has 0 bridgehead atoms. The fourth-order valence-corrected chi connectivity index (χ4v) is 4.83. The van der Waals surface area contributed by atoms with Crippen LogP contribution < -0.4 is 0 Å². The first kappa shape index (κ1) is 29.8. The van der Waals surface area contributed by atoms with Crippen LogP contribution in [0.25, 0.3) is 0 Å². The Kier molecular flexibility index (Phi) is 9.15. The molecule has 0 saturated carbocycles. The molecule has 0 spiro atoms. The Bertz CT molecular complexity index is 1220. The Morgan fingerprint density at radius 2 is 1.85 bits per heavy atom. The van der Waals surface area contributed by atoms with Crippen LogP contribution in [0.15, 0.2) is 42.7 Å². The molecule has 14 heteroatoms. The van der Waals surface area contributed by atoms with Crippen LogP contribution in [-0.2, 0) is 47.5 Å². The second-order valence-corrected chi connectivity index (χ2v) is 9.51. The average molecular weight is 579 g/mol. The smallest absolute Gasteiger partial charge is 0.342 e. The van der Waals surface area contributed by atoms with Crippen LogP contribution >= 0.6 is 0 Å². The summed E-state index contributed by atoms with van der Waals surface area (Å²) in [5.74, 6) is -5.61. The number of para-hydroxylation sites is 1. The summed E-state index contributed by atoms with van der Waals surface area (Å²) < 4.78 is 38.5. The van der Waals surface area contributed by atoms with Crippen LogP contribution in [0.5, 0.6) is 11.5 Å². The number of carbonyl (C=O) groups excluding carboxylic acids is 4. The summed E-state index contributed by atoms with van der Waals surface area (Å²) in [7, 11) is 0. The van der Waals surface area contributed by atoms with E-state index in [-0.39, 0.29) is 18.1 Å². The number of ether oxygens (including phenoxy) is 7. The van der Waals surface area contributed by atoms with Gasteiger partial charge in [0.15, 0.2) is 23.7 Å². The van der Waals surface area contributed by atoms with Crippen LogP contribution in [0.4, 0.5) is 0 Å². The molecule has 2 fully saturated rings. The molecule has 4 rings (SSSR count). The van der Waals surface area contributed by atoms with Crippen LogP contribution in [0.3, 0.4) is 0 Å². The molecule has 1 aromatic rings. The molecule has 3 heterocycles. The first-order valence-corrected chi connectivity index (χ1v) is 12.7. The highest BCUT2D eigenvalue weighted by Crippen LogP contribution is 2.39. The highest BCUT2D eigenvalue weighted by molar-refractivity contribution is 5.93. The minimum absolute atomic E-state index is 0.163. The highest BCUT2D eigenvalue weighted by Gasteiger charge is 2.53. The third-order valence-electron chi connectivity index (χ3n) is 6.79. The Morgan fingerprint density at radius 1 is 1.10 bits per heavy atom. The predicted molar refractivity (Wildman–Crippen MR) is 133 cm³/mol. The number of fused-ring (bicyclic) bond motifs is 1. The van der Waals surface area contributed by atoms with Crippen molar-refractivity contribution < 1.29 is 67.7 Å². The molecule has 3 aliphatic rings. The molecule has 0 radical (unpaired) electrons. The van der Waals surface area contributed by atoms with Gasteiger partial charge in [0.25, 0.3) is 0 Å². The van der Waals surface area contributed by atoms with E-state index in [1.165, 1.54) is 24.5 Å². The number of aliphatic hydroxyl groups excluding tert-OH is 1. The maximum Gasteiger partial charge on any atom is 0.342 e. The largest absolute Gasteiger partial charge is 0.504 e. The number of phenolic OH excluding ortho intramolecular Hbond substituents is 2. The Balaban J connectivity index is 1.68. The number of aliphatic hydroxyl groups is 1. The van der Waals surface area contributed by atoms with Gasteiger partial charge in [0.05, 0.1) is 18.4 Å². The van der Waals surface area contributed by atoms with E-state index >= 15 is 0 Å². The van der Waals surface area contributed by atoms with Gasteiger partial charge in [-0.25, -0.2) is 9.59 Å². The van der Waals surface area contributed by atoms with Crippen molar-refractivity contribution in [2.45, 2.75) is 57.3 Å². The molecule has 41 heavy (non-hydrogen) atoms. The van der Waals surface area contributed by atoms with Crippen molar-refractivity contribution in [1.29, 1.82) is 0 Å². The van der Waals surface area contributed by atoms with Crippen molar-refractivity contribution >= 4 is 23.9 Å². The van der Waals surface area contributed by atoms with Gasteiger partial charge >= 0.3 is 23.9 Å². The second kappa shape index (κ2) is 12.6. The van der Waals surface area contributed by atoms with Crippen molar-refractivity contribution in [3.8, 4) is 11.5 Å². The van der Waals surface area contributed by atoms with Crippen LogP contribution in [0.2, 0.25) is 0 Å². The highest BCUT2D eigenvalue weighted by atomic mass is 16.8. The predicted octanol–water partition coefficient (Wildman–Crippen LogP) is 0.826. The molecule has 3 aliphatic heterocycles. The molecule has 8 atom stereocenters. The third-order valence-corrected chi connectivity index (χ3v) is 6.79. The first-order valence-electron chi connectivity index (χ1n) is 12.7. The maximum absolute atomic E-state index is 13.1. The number of hydrogen-bond acceptors (Lipinski definition) is 14. The minimum Gasteiger partial charge on any atom is -0.504 e. The van der Waals surface area contributed by atoms with Gasteiger partial charge < -0.3 is 48.5 Å². The van der Waals surface area contributed by atoms with Gasteiger partial charge in [-0.15, -0.1) is 6.58 Å². The lowest BCUT2D eigenvalue weighted by Crippen LogP contribution is -2.62. The first-order chi connectivity index (χ1) is 19.5. The van der Waals surface area contributed by atoms with Crippen molar-refractivity contribution in [1.82, 2.24) is 0 Å². The van der Waals surface area contributed by atoms with Gasteiger partial charge in [0, 0.05) is 25.7 Å². The summed E-state index contributed by atoms with van der Waals surface area (Å²) in [6.07, 6.45) is -5.84. The normalized spacial score (nSPS) is 30.9. The number of esters is 4. The molecule has 3 N–H and O–H groups in total. The second-order valence-electron chi connectivity index (χ2n) is 9.51. The molecule has 0 unspecified atom stereocenters. The van der Waals surface area contributed by atoms with Crippen molar-refractivity contribution in [3.63, 3.8) is 0 Å². The van der Waals surface area contributed by atoms with Gasteiger partial charge in [-0.2, -0.15) is 0 Å². The van der Waals surface area contributed by atoms with E-state index in [2.05, 4.69) is 6.58 Å². The monoisotopic (exact) mass is 578 g/mol. The molecule has 0 amide bonds. The van der Waals surface area contributed by atoms with E-state index in [1.54, 1.807) is 0 Å². The summed E-state index contributed by atoms with van der Waals surface area (Å²) in [6, 6.07) is 3.60. The lowest BCUT2D eigenvalue weighted by Gasteiger charge is -2.45. The zero-order valence-corrected chi connectivity index (χ0v) is 22.2. The minimum atomic E-state index is -1.67. The topological polar surface area (TPSA) is 194 Å². The van der Waals surface area contributed by atoms with Crippen molar-refractivity contribution in [2.24, 2.45) is 11.8 Å². The molecule has 222 valence electrons. The maximum atomic E-state index is 13.1. The Morgan fingerprint density at radius 3 is 2.54 bits per heavy atom. The third kappa shape index (κ3) is 6.45. The van der Waals surface area contributed by atoms with Crippen molar-refractivity contribution in [2.75, 3.05) is 13.2 Å². The number of cyclic esters (lactones) is 1. The quantitative estimate of drug-likeness (QED) is 0.170. The molecule has 2 saturated heterocycles. The van der Waals surface area contributed by atoms with Gasteiger partial charge in [-0.05, 0) is 18.6 Å². The zero-order chi connectivity index (χ0) is 29.8. The fourth-order valence-electron chi connectivity index (χ4n) is 4.83. The zero-order valence-electron chi connectivity index (χ0n) is 22.2. The number of aromatic hydroxyl groups is 2. The average Bonchev–Trinajstić information content (AvgIpc) is 2.92. The lowest BCUT2D eigenvalue weighted by atomic mass is 9.81. The summed E-state index contributed by atoms with van der Waals surface area (Å²) in [6.45, 7) is 5.71. The van der Waals surface area contributed by atoms with Gasteiger partial charge in [-0.3, -0.25) is 9.59 Å². The van der Waals surface area contributed by atoms with Gasteiger partial charge in [0.1, 0.15) is 24.4 Å². The summed E-state index contributed by atoms with van der Waals surface area (Å²) in [4.78, 5) is 48.8. The summed E-state index contributed by atoms with van der Waals surface area (Å²) >= 11 is 0. The number of rotatable bonds is 8. The van der Waals surface area contributed by atoms with E-state index < -0.39 is 90.5 Å². The fraction of sp³-hybridized carbons (Fsp3) is 0.481. The Hall–Kier alpha value is -4.14. The molecule has 0 aromatic heterocycles. The molecule has 0 aliphatic carbocycles. The van der Waals surface area contributed by atoms with Gasteiger partial charge in [0.2, 0.25) is 12.6 Å². The van der Waals surface area contributed by atoms with E-state index in [9.17, 15) is 34.5 Å². The van der Waals surface area contributed by atoms with E-state index in [0.29, 0.717) is 6.42 Å². The lowest BCUT2D eigenvalue weighted by molar-refractivity contribution is -0.339. The summed E-state index contributed by atoms with van der Waals surface area (Å²) in [5.41, 5.74) is -0.151. The molecular weight excluding hydrogens is 548 g/mol. The molecule has 1 aromatic carbocycles. The van der Waals surface area contributed by atoms with Crippen LogP contribution in [-0.4, -0.2) is 89.4 Å². The standard InChI is InChI=1S/C27H30O14/c1-4-14-15-8-9-35-24(33)17(15)10-37-26(14)41-27-23(40-25(34)16-6-5-7-18(30)20(16)31)22(38-13(3)29)21(32)19(39-27)11-36-12(2)28/h4-7,10,14-15,19,21-23,26-27,30-32H,1,8-9,11H2,2-3H3/t14-,15+,19-,21-,22+,23-,26+,27+/m1/s1. The van der Waals surface area contributed by atoms with Gasteiger partial charge in [-0.1, -0.05) is 12.1 Å². The summed E-state index contributed by atoms with van der Waals surface area (Å²) in [5, 5.41) is 31.0. The molecular formula is C27H30O14. The van der Waals surface area contributed by atoms with E-state index in [0.717, 1.165) is 19.9 Å². The van der Waals surface area contributed by atoms with E-state index in [1.807, 2.05) is 0 Å². The number of phenols is 2. The van der Waals surface area contributed by atoms with E-state index in [4.69, 9.17) is 33.2 Å². The molecule has 14 nitrogen and oxygen atoms in total.